The molecule has 0 heterocycles. The molecule has 0 spiro atoms. The van der Waals surface area contributed by atoms with Crippen LogP contribution in [0, 0.1) is 18.3 Å². The van der Waals surface area contributed by atoms with Crippen molar-refractivity contribution >= 4 is 0 Å². The van der Waals surface area contributed by atoms with Crippen LogP contribution in [0.1, 0.15) is 19.8 Å². The van der Waals surface area contributed by atoms with E-state index in [0.717, 1.165) is 12.8 Å². The highest BCUT2D eigenvalue weighted by Crippen LogP contribution is 2.00. The molecule has 0 aromatic heterocycles. The van der Waals surface area contributed by atoms with Crippen LogP contribution in [0.25, 0.3) is 0 Å². The second-order valence-corrected chi connectivity index (χ2v) is 1.89. The van der Waals surface area contributed by atoms with E-state index in [2.05, 4.69) is 12.8 Å². The minimum Gasteiger partial charge on any atom is -0.329 e. The van der Waals surface area contributed by atoms with Crippen molar-refractivity contribution < 1.29 is 0 Å². The molecule has 1 nitrogen and oxygen atoms in total. The van der Waals surface area contributed by atoms with E-state index in [1.54, 1.807) is 0 Å². The van der Waals surface area contributed by atoms with E-state index in [9.17, 15) is 0 Å². The Morgan fingerprint density at radius 3 is 2.50 bits per heavy atom. The Kier molecular flexibility index (Phi) is 4.39. The molecule has 2 N–H and O–H groups in total. The molecule has 0 amide bonds. The summed E-state index contributed by atoms with van der Waals surface area (Å²) in [7, 11) is 0. The van der Waals surface area contributed by atoms with Gasteiger partial charge in [0.05, 0.1) is 0 Å². The van der Waals surface area contributed by atoms with E-state index in [4.69, 9.17) is 12.2 Å². The highest BCUT2D eigenvalue weighted by Gasteiger charge is 1.96. The highest BCUT2D eigenvalue weighted by molar-refractivity contribution is 4.92. The third-order valence-electron chi connectivity index (χ3n) is 1.16. The molecule has 0 fully saturated rings. The lowest BCUT2D eigenvalue weighted by Crippen LogP contribution is -2.11. The fourth-order valence-corrected chi connectivity index (χ4v) is 0.618. The van der Waals surface area contributed by atoms with Gasteiger partial charge in [-0.25, -0.2) is 0 Å². The van der Waals surface area contributed by atoms with E-state index in [1.807, 2.05) is 0 Å². The standard InChI is InChI=1S/C7H13N/c1-3-5-7(4-2)6-8/h2,7H,3,5-6,8H2,1H3/t7-/m0/s1. The van der Waals surface area contributed by atoms with Gasteiger partial charge in [0.25, 0.3) is 0 Å². The second kappa shape index (κ2) is 4.67. The van der Waals surface area contributed by atoms with Gasteiger partial charge in [-0.3, -0.25) is 0 Å². The Morgan fingerprint density at radius 2 is 2.38 bits per heavy atom. The first-order valence-corrected chi connectivity index (χ1v) is 3.01. The third-order valence-corrected chi connectivity index (χ3v) is 1.16. The van der Waals surface area contributed by atoms with Crippen molar-refractivity contribution in [3.05, 3.63) is 0 Å². The monoisotopic (exact) mass is 111 g/mol. The van der Waals surface area contributed by atoms with E-state index >= 15 is 0 Å². The highest BCUT2D eigenvalue weighted by atomic mass is 14.5. The maximum Gasteiger partial charge on any atom is 0.0322 e. The van der Waals surface area contributed by atoms with Gasteiger partial charge in [0, 0.05) is 12.5 Å². The van der Waals surface area contributed by atoms with Crippen molar-refractivity contribution in [2.24, 2.45) is 11.7 Å². The molecule has 0 aliphatic rings. The Balaban J connectivity index is 3.26. The van der Waals surface area contributed by atoms with E-state index < -0.39 is 0 Å². The summed E-state index contributed by atoms with van der Waals surface area (Å²) in [5.41, 5.74) is 5.33. The maximum atomic E-state index is 5.33. The molecule has 0 aliphatic carbocycles. The van der Waals surface area contributed by atoms with Crippen LogP contribution in [-0.2, 0) is 0 Å². The zero-order valence-electron chi connectivity index (χ0n) is 5.35. The molecule has 46 valence electrons. The summed E-state index contributed by atoms with van der Waals surface area (Å²) < 4.78 is 0. The lowest BCUT2D eigenvalue weighted by atomic mass is 10.1. The quantitative estimate of drug-likeness (QED) is 0.540. The molecule has 8 heavy (non-hydrogen) atoms. The lowest BCUT2D eigenvalue weighted by Gasteiger charge is -2.02. The topological polar surface area (TPSA) is 26.0 Å². The molecule has 0 unspecified atom stereocenters. The van der Waals surface area contributed by atoms with Crippen LogP contribution in [-0.4, -0.2) is 6.54 Å². The lowest BCUT2D eigenvalue weighted by molar-refractivity contribution is 0.610. The number of terminal acetylenes is 1. The van der Waals surface area contributed by atoms with Crippen molar-refractivity contribution in [1.82, 2.24) is 0 Å². The van der Waals surface area contributed by atoms with Crippen molar-refractivity contribution in [2.75, 3.05) is 6.54 Å². The van der Waals surface area contributed by atoms with Gasteiger partial charge in [0.1, 0.15) is 0 Å². The van der Waals surface area contributed by atoms with Crippen molar-refractivity contribution in [3.8, 4) is 12.3 Å². The van der Waals surface area contributed by atoms with Crippen molar-refractivity contribution in [2.45, 2.75) is 19.8 Å². The molecule has 0 saturated carbocycles. The largest absolute Gasteiger partial charge is 0.329 e. The normalized spacial score (nSPS) is 12.6. The summed E-state index contributed by atoms with van der Waals surface area (Å²) in [4.78, 5) is 0. The summed E-state index contributed by atoms with van der Waals surface area (Å²) in [5, 5.41) is 0. The molecule has 0 aliphatic heterocycles. The van der Waals surface area contributed by atoms with E-state index in [1.165, 1.54) is 0 Å². The maximum absolute atomic E-state index is 5.33. The Hall–Kier alpha value is -0.480. The Morgan fingerprint density at radius 1 is 1.75 bits per heavy atom. The summed E-state index contributed by atoms with van der Waals surface area (Å²) >= 11 is 0. The predicted octanol–water partition coefficient (Wildman–Crippen LogP) is 0.995. The molecular formula is C7H13N. The molecule has 0 aromatic rings. The molecule has 0 saturated heterocycles. The van der Waals surface area contributed by atoms with Crippen LogP contribution >= 0.6 is 0 Å². The summed E-state index contributed by atoms with van der Waals surface area (Å²) in [5.74, 6) is 2.93. The minimum atomic E-state index is 0.306. The van der Waals surface area contributed by atoms with Crippen LogP contribution in [0.4, 0.5) is 0 Å². The first-order chi connectivity index (χ1) is 3.85. The van der Waals surface area contributed by atoms with Gasteiger partial charge in [-0.1, -0.05) is 13.3 Å². The fraction of sp³-hybridized carbons (Fsp3) is 0.714. The smallest absolute Gasteiger partial charge is 0.0322 e. The average molecular weight is 111 g/mol. The molecule has 0 bridgehead atoms. The van der Waals surface area contributed by atoms with Gasteiger partial charge in [-0.2, -0.15) is 0 Å². The van der Waals surface area contributed by atoms with E-state index in [-0.39, 0.29) is 0 Å². The SMILES string of the molecule is C#C[C@H](CN)CCC. The van der Waals surface area contributed by atoms with Crippen LogP contribution < -0.4 is 5.73 Å². The van der Waals surface area contributed by atoms with Crippen LogP contribution in [0.2, 0.25) is 0 Å². The molecule has 1 heteroatoms. The first kappa shape index (κ1) is 7.52. The Labute approximate surface area is 51.3 Å². The predicted molar refractivity (Wildman–Crippen MR) is 36.3 cm³/mol. The van der Waals surface area contributed by atoms with Gasteiger partial charge in [-0.15, -0.1) is 12.3 Å². The van der Waals surface area contributed by atoms with E-state index in [0.29, 0.717) is 12.5 Å². The molecule has 1 atom stereocenters. The third kappa shape index (κ3) is 2.65. The molecule has 0 rings (SSSR count). The van der Waals surface area contributed by atoms with Gasteiger partial charge < -0.3 is 5.73 Å². The zero-order valence-corrected chi connectivity index (χ0v) is 5.35. The molecule has 0 aromatic carbocycles. The first-order valence-electron chi connectivity index (χ1n) is 3.01. The average Bonchev–Trinajstić information content (AvgIpc) is 1.83. The number of rotatable bonds is 3. The van der Waals surface area contributed by atoms with Gasteiger partial charge in [0.2, 0.25) is 0 Å². The summed E-state index contributed by atoms with van der Waals surface area (Å²) in [6, 6.07) is 0. The Bertz CT molecular complexity index is 80.9. The second-order valence-electron chi connectivity index (χ2n) is 1.89. The van der Waals surface area contributed by atoms with Crippen LogP contribution in [0.15, 0.2) is 0 Å². The number of hydrogen-bond acceptors (Lipinski definition) is 1. The fourth-order valence-electron chi connectivity index (χ4n) is 0.618. The summed E-state index contributed by atoms with van der Waals surface area (Å²) in [6.45, 7) is 2.74. The van der Waals surface area contributed by atoms with Gasteiger partial charge in [-0.05, 0) is 6.42 Å². The molecular weight excluding hydrogens is 98.1 g/mol. The zero-order chi connectivity index (χ0) is 6.41. The van der Waals surface area contributed by atoms with Crippen molar-refractivity contribution in [3.63, 3.8) is 0 Å². The number of hydrogen-bond donors (Lipinski definition) is 1. The molecule has 0 radical (unpaired) electrons. The van der Waals surface area contributed by atoms with Gasteiger partial charge >= 0.3 is 0 Å². The van der Waals surface area contributed by atoms with Crippen molar-refractivity contribution in [1.29, 1.82) is 0 Å². The van der Waals surface area contributed by atoms with Crippen LogP contribution in [0.5, 0.6) is 0 Å². The van der Waals surface area contributed by atoms with Gasteiger partial charge in [0.15, 0.2) is 0 Å². The minimum absolute atomic E-state index is 0.306. The summed E-state index contributed by atoms with van der Waals surface area (Å²) in [6.07, 6.45) is 7.33. The van der Waals surface area contributed by atoms with Crippen LogP contribution in [0.3, 0.4) is 0 Å². The number of nitrogens with two attached hydrogens (primary N) is 1.